The molecular formula is C28H38N6O4. The van der Waals surface area contributed by atoms with E-state index in [9.17, 15) is 9.59 Å². The quantitative estimate of drug-likeness (QED) is 0.498. The number of amides is 1. The topological polar surface area (TPSA) is 100 Å². The van der Waals surface area contributed by atoms with E-state index in [1.165, 1.54) is 5.56 Å². The zero-order valence-corrected chi connectivity index (χ0v) is 22.1. The number of carbonyl (C=O) groups is 2. The zero-order chi connectivity index (χ0) is 26.3. The Morgan fingerprint density at radius 2 is 1.84 bits per heavy atom. The minimum atomic E-state index is -0.204. The first-order valence-electron chi connectivity index (χ1n) is 13.8. The monoisotopic (exact) mass is 522 g/mol. The molecule has 2 aromatic rings. The Morgan fingerprint density at radius 1 is 1.08 bits per heavy atom. The molecule has 1 N–H and O–H groups in total. The van der Waals surface area contributed by atoms with Crippen LogP contribution in [0.3, 0.4) is 0 Å². The molecule has 1 aromatic carbocycles. The van der Waals surface area contributed by atoms with Crippen LogP contribution in [0.25, 0.3) is 0 Å². The summed E-state index contributed by atoms with van der Waals surface area (Å²) < 4.78 is 10.9. The number of anilines is 2. The second kappa shape index (κ2) is 12.4. The Labute approximate surface area is 224 Å². The fraction of sp³-hybridized carbons (Fsp3) is 0.571. The van der Waals surface area contributed by atoms with Crippen LogP contribution in [0.1, 0.15) is 38.2 Å². The SMILES string of the molecule is CCOC(=O)C1CCN(CC2CN(C3CCN(c4ccnc(NCc5ccccc5)n4)CC3)C(=O)O2)CC1. The Hall–Kier alpha value is -3.40. The molecule has 38 heavy (non-hydrogen) atoms. The lowest BCUT2D eigenvalue weighted by Gasteiger charge is -2.36. The number of rotatable bonds is 9. The van der Waals surface area contributed by atoms with Gasteiger partial charge in [-0.25, -0.2) is 9.78 Å². The predicted molar refractivity (Wildman–Crippen MR) is 144 cm³/mol. The van der Waals surface area contributed by atoms with Crippen molar-refractivity contribution in [1.29, 1.82) is 0 Å². The van der Waals surface area contributed by atoms with Crippen LogP contribution in [-0.4, -0.2) is 89.9 Å². The number of likely N-dealkylation sites (tertiary alicyclic amines) is 1. The first kappa shape index (κ1) is 26.2. The van der Waals surface area contributed by atoms with Gasteiger partial charge >= 0.3 is 12.1 Å². The van der Waals surface area contributed by atoms with Gasteiger partial charge in [-0.15, -0.1) is 0 Å². The van der Waals surface area contributed by atoms with Gasteiger partial charge in [0.1, 0.15) is 11.9 Å². The van der Waals surface area contributed by atoms with E-state index in [-0.39, 0.29) is 30.1 Å². The van der Waals surface area contributed by atoms with E-state index >= 15 is 0 Å². The number of cyclic esters (lactones) is 1. The number of nitrogens with zero attached hydrogens (tertiary/aromatic N) is 5. The van der Waals surface area contributed by atoms with Gasteiger partial charge in [0.05, 0.1) is 19.1 Å². The number of hydrogen-bond donors (Lipinski definition) is 1. The molecule has 5 rings (SSSR count). The van der Waals surface area contributed by atoms with Gasteiger partial charge in [-0.2, -0.15) is 4.98 Å². The van der Waals surface area contributed by atoms with Crippen molar-refractivity contribution in [2.24, 2.45) is 5.92 Å². The van der Waals surface area contributed by atoms with E-state index in [2.05, 4.69) is 32.2 Å². The third kappa shape index (κ3) is 6.53. The fourth-order valence-electron chi connectivity index (χ4n) is 5.63. The molecule has 3 aliphatic heterocycles. The molecule has 3 saturated heterocycles. The van der Waals surface area contributed by atoms with Gasteiger partial charge in [-0.1, -0.05) is 30.3 Å². The van der Waals surface area contributed by atoms with E-state index in [1.54, 1.807) is 6.20 Å². The molecule has 1 amide bonds. The number of esters is 1. The zero-order valence-electron chi connectivity index (χ0n) is 22.1. The van der Waals surface area contributed by atoms with Gasteiger partial charge in [0.15, 0.2) is 0 Å². The van der Waals surface area contributed by atoms with E-state index in [4.69, 9.17) is 14.5 Å². The minimum absolute atomic E-state index is 0.00961. The maximum atomic E-state index is 12.7. The molecular weight excluding hydrogens is 484 g/mol. The Kier molecular flexibility index (Phi) is 8.58. The van der Waals surface area contributed by atoms with Crippen LogP contribution >= 0.6 is 0 Å². The van der Waals surface area contributed by atoms with Crippen LogP contribution in [0, 0.1) is 5.92 Å². The van der Waals surface area contributed by atoms with E-state index in [0.717, 1.165) is 64.2 Å². The molecule has 0 bridgehead atoms. The standard InChI is InChI=1S/C28H38N6O4/c1-2-37-26(35)22-9-14-32(15-10-22)19-24-20-34(28(36)38-24)23-11-16-33(17-12-23)25-8-13-29-27(31-25)30-18-21-6-4-3-5-7-21/h3-8,13,22-24H,2,9-12,14-20H2,1H3,(H,29,30,31). The third-order valence-corrected chi connectivity index (χ3v) is 7.74. The Balaban J connectivity index is 1.07. The lowest BCUT2D eigenvalue weighted by atomic mass is 9.97. The number of nitrogens with one attached hydrogen (secondary N) is 1. The number of hydrogen-bond acceptors (Lipinski definition) is 9. The van der Waals surface area contributed by atoms with Crippen molar-refractivity contribution in [3.05, 3.63) is 48.2 Å². The van der Waals surface area contributed by atoms with Crippen molar-refractivity contribution in [1.82, 2.24) is 19.8 Å². The summed E-state index contributed by atoms with van der Waals surface area (Å²) in [6, 6.07) is 12.3. The van der Waals surface area contributed by atoms with Gasteiger partial charge in [-0.05, 0) is 57.3 Å². The van der Waals surface area contributed by atoms with Gasteiger partial charge in [0.25, 0.3) is 0 Å². The van der Waals surface area contributed by atoms with Gasteiger partial charge in [-0.3, -0.25) is 9.69 Å². The first-order chi connectivity index (χ1) is 18.6. The summed E-state index contributed by atoms with van der Waals surface area (Å²) in [7, 11) is 0. The van der Waals surface area contributed by atoms with Crippen molar-refractivity contribution in [3.8, 4) is 0 Å². The average molecular weight is 523 g/mol. The Bertz CT molecular complexity index is 1070. The molecule has 1 aromatic heterocycles. The molecule has 0 aliphatic carbocycles. The molecule has 3 fully saturated rings. The van der Waals surface area contributed by atoms with Crippen LogP contribution in [0.2, 0.25) is 0 Å². The highest BCUT2D eigenvalue weighted by Gasteiger charge is 2.39. The fourth-order valence-corrected chi connectivity index (χ4v) is 5.63. The largest absolute Gasteiger partial charge is 0.466 e. The molecule has 0 spiro atoms. The molecule has 0 radical (unpaired) electrons. The van der Waals surface area contributed by atoms with Crippen LogP contribution in [0.15, 0.2) is 42.6 Å². The highest BCUT2D eigenvalue weighted by atomic mass is 16.6. The van der Waals surface area contributed by atoms with Crippen molar-refractivity contribution >= 4 is 23.8 Å². The predicted octanol–water partition coefficient (Wildman–Crippen LogP) is 3.15. The maximum Gasteiger partial charge on any atom is 0.410 e. The molecule has 3 aliphatic rings. The smallest absolute Gasteiger partial charge is 0.410 e. The first-order valence-corrected chi connectivity index (χ1v) is 13.8. The highest BCUT2D eigenvalue weighted by Crippen LogP contribution is 2.26. The van der Waals surface area contributed by atoms with E-state index in [1.807, 2.05) is 36.1 Å². The molecule has 204 valence electrons. The van der Waals surface area contributed by atoms with Gasteiger partial charge in [0, 0.05) is 38.4 Å². The summed E-state index contributed by atoms with van der Waals surface area (Å²) in [5, 5.41) is 3.31. The molecule has 4 heterocycles. The van der Waals surface area contributed by atoms with Crippen molar-refractivity contribution in [2.75, 3.05) is 56.1 Å². The minimum Gasteiger partial charge on any atom is -0.466 e. The third-order valence-electron chi connectivity index (χ3n) is 7.74. The molecule has 1 atom stereocenters. The Morgan fingerprint density at radius 3 is 2.58 bits per heavy atom. The number of piperidine rings is 2. The number of aromatic nitrogens is 2. The lowest BCUT2D eigenvalue weighted by molar-refractivity contribution is -0.149. The van der Waals surface area contributed by atoms with Crippen molar-refractivity contribution in [2.45, 2.75) is 51.3 Å². The van der Waals surface area contributed by atoms with Gasteiger partial charge in [0.2, 0.25) is 5.95 Å². The summed E-state index contributed by atoms with van der Waals surface area (Å²) >= 11 is 0. The van der Waals surface area contributed by atoms with E-state index in [0.29, 0.717) is 25.6 Å². The van der Waals surface area contributed by atoms with E-state index < -0.39 is 0 Å². The van der Waals surface area contributed by atoms with Crippen molar-refractivity contribution in [3.63, 3.8) is 0 Å². The number of carbonyl (C=O) groups excluding carboxylic acids is 2. The summed E-state index contributed by atoms with van der Waals surface area (Å²) in [6.07, 6.45) is 4.82. The van der Waals surface area contributed by atoms with Crippen LogP contribution in [-0.2, 0) is 20.8 Å². The second-order valence-corrected chi connectivity index (χ2v) is 10.3. The summed E-state index contributed by atoms with van der Waals surface area (Å²) in [5.74, 6) is 1.43. The maximum absolute atomic E-state index is 12.7. The van der Waals surface area contributed by atoms with Crippen LogP contribution in [0.5, 0.6) is 0 Å². The second-order valence-electron chi connectivity index (χ2n) is 10.3. The molecule has 0 saturated carbocycles. The van der Waals surface area contributed by atoms with Gasteiger partial charge < -0.3 is 24.6 Å². The summed E-state index contributed by atoms with van der Waals surface area (Å²) in [4.78, 5) is 40.3. The summed E-state index contributed by atoms with van der Waals surface area (Å²) in [5.41, 5.74) is 1.18. The molecule has 10 heteroatoms. The molecule has 1 unspecified atom stereocenters. The average Bonchev–Trinajstić information content (AvgIpc) is 3.33. The summed E-state index contributed by atoms with van der Waals surface area (Å²) in [6.45, 7) is 7.61. The van der Waals surface area contributed by atoms with Crippen molar-refractivity contribution < 1.29 is 19.1 Å². The highest BCUT2D eigenvalue weighted by molar-refractivity contribution is 5.72. The number of benzene rings is 1. The molecule has 10 nitrogen and oxygen atoms in total. The normalized spacial score (nSPS) is 21.4. The lowest BCUT2D eigenvalue weighted by Crippen LogP contribution is -2.46. The number of ether oxygens (including phenoxy) is 2. The van der Waals surface area contributed by atoms with Crippen LogP contribution in [0.4, 0.5) is 16.6 Å². The van der Waals surface area contributed by atoms with Crippen LogP contribution < -0.4 is 10.2 Å².